The smallest absolute Gasteiger partial charge is 0.0573 e. The molecule has 1 nitrogen and oxygen atoms in total. The van der Waals surface area contributed by atoms with Gasteiger partial charge >= 0.3 is 0 Å². The van der Waals surface area contributed by atoms with Crippen LogP contribution in [0.1, 0.15) is 40.0 Å². The standard InChI is InChI=1S/C9H18O/c1-9(2,3)7-5-4-6-8(7)10/h7-8,10H,4-6H2,1-3H3/t7-,8-/m0/s1. The van der Waals surface area contributed by atoms with E-state index < -0.39 is 0 Å². The number of hydrogen-bond donors (Lipinski definition) is 1. The molecule has 1 aliphatic rings. The summed E-state index contributed by atoms with van der Waals surface area (Å²) in [6, 6.07) is 0. The lowest BCUT2D eigenvalue weighted by molar-refractivity contribution is 0.0684. The van der Waals surface area contributed by atoms with Gasteiger partial charge in [-0.1, -0.05) is 27.2 Å². The van der Waals surface area contributed by atoms with Crippen molar-refractivity contribution in [1.29, 1.82) is 0 Å². The first kappa shape index (κ1) is 8.06. The summed E-state index contributed by atoms with van der Waals surface area (Å²) < 4.78 is 0. The predicted octanol–water partition coefficient (Wildman–Crippen LogP) is 2.19. The lowest BCUT2D eigenvalue weighted by Crippen LogP contribution is -2.27. The van der Waals surface area contributed by atoms with Gasteiger partial charge in [0.1, 0.15) is 0 Å². The average Bonchev–Trinajstić information content (AvgIpc) is 2.11. The topological polar surface area (TPSA) is 20.2 Å². The Kier molecular flexibility index (Phi) is 2.04. The SMILES string of the molecule is CC(C)(C)[C@H]1CCC[C@@H]1O. The highest BCUT2D eigenvalue weighted by Gasteiger charge is 2.34. The monoisotopic (exact) mass is 142 g/mol. The third kappa shape index (κ3) is 1.51. The first-order chi connectivity index (χ1) is 4.52. The highest BCUT2D eigenvalue weighted by Crippen LogP contribution is 2.38. The largest absolute Gasteiger partial charge is 0.393 e. The van der Waals surface area contributed by atoms with E-state index >= 15 is 0 Å². The van der Waals surface area contributed by atoms with Gasteiger partial charge in [-0.3, -0.25) is 0 Å². The summed E-state index contributed by atoms with van der Waals surface area (Å²) in [6.45, 7) is 6.64. The summed E-state index contributed by atoms with van der Waals surface area (Å²) in [5.74, 6) is 0.535. The van der Waals surface area contributed by atoms with Crippen molar-refractivity contribution in [2.24, 2.45) is 11.3 Å². The maximum absolute atomic E-state index is 9.52. The molecule has 0 aliphatic heterocycles. The Morgan fingerprint density at radius 1 is 1.20 bits per heavy atom. The van der Waals surface area contributed by atoms with Gasteiger partial charge in [0.05, 0.1) is 6.10 Å². The molecule has 2 atom stereocenters. The molecule has 1 fully saturated rings. The van der Waals surface area contributed by atoms with Crippen LogP contribution in [0.15, 0.2) is 0 Å². The molecule has 0 aromatic heterocycles. The summed E-state index contributed by atoms with van der Waals surface area (Å²) in [6.07, 6.45) is 3.41. The molecule has 0 amide bonds. The molecule has 0 saturated heterocycles. The van der Waals surface area contributed by atoms with Crippen molar-refractivity contribution < 1.29 is 5.11 Å². The van der Waals surface area contributed by atoms with E-state index in [1.165, 1.54) is 12.8 Å². The van der Waals surface area contributed by atoms with E-state index in [0.29, 0.717) is 11.3 Å². The molecule has 0 aromatic rings. The zero-order valence-electron chi connectivity index (χ0n) is 7.22. The maximum Gasteiger partial charge on any atom is 0.0573 e. The summed E-state index contributed by atoms with van der Waals surface area (Å²) in [4.78, 5) is 0. The first-order valence-corrected chi connectivity index (χ1v) is 4.20. The quantitative estimate of drug-likeness (QED) is 0.549. The molecular weight excluding hydrogens is 124 g/mol. The molecule has 10 heavy (non-hydrogen) atoms. The fourth-order valence-electron chi connectivity index (χ4n) is 1.95. The van der Waals surface area contributed by atoms with Crippen molar-refractivity contribution in [3.63, 3.8) is 0 Å². The lowest BCUT2D eigenvalue weighted by atomic mass is 9.79. The zero-order valence-corrected chi connectivity index (χ0v) is 7.22. The van der Waals surface area contributed by atoms with E-state index in [0.717, 1.165) is 6.42 Å². The van der Waals surface area contributed by atoms with Gasteiger partial charge < -0.3 is 5.11 Å². The van der Waals surface area contributed by atoms with Gasteiger partial charge in [0.15, 0.2) is 0 Å². The molecule has 1 aliphatic carbocycles. The Morgan fingerprint density at radius 3 is 2.00 bits per heavy atom. The van der Waals surface area contributed by atoms with Gasteiger partial charge in [-0.25, -0.2) is 0 Å². The molecule has 60 valence electrons. The van der Waals surface area contributed by atoms with Gasteiger partial charge in [-0.15, -0.1) is 0 Å². The van der Waals surface area contributed by atoms with Crippen LogP contribution in [0.3, 0.4) is 0 Å². The first-order valence-electron chi connectivity index (χ1n) is 4.20. The predicted molar refractivity (Wildman–Crippen MR) is 42.8 cm³/mol. The minimum Gasteiger partial charge on any atom is -0.393 e. The summed E-state index contributed by atoms with van der Waals surface area (Å²) in [5, 5.41) is 9.52. The lowest BCUT2D eigenvalue weighted by Gasteiger charge is -2.29. The van der Waals surface area contributed by atoms with Crippen LogP contribution in [0.4, 0.5) is 0 Å². The second kappa shape index (κ2) is 2.54. The van der Waals surface area contributed by atoms with Crippen LogP contribution in [0.25, 0.3) is 0 Å². The zero-order chi connectivity index (χ0) is 7.78. The molecule has 0 radical (unpaired) electrons. The van der Waals surface area contributed by atoms with Crippen LogP contribution in [-0.2, 0) is 0 Å². The molecule has 1 N–H and O–H groups in total. The van der Waals surface area contributed by atoms with Crippen molar-refractivity contribution >= 4 is 0 Å². The Labute approximate surface area is 63.4 Å². The Morgan fingerprint density at radius 2 is 1.80 bits per heavy atom. The number of aliphatic hydroxyl groups excluding tert-OH is 1. The van der Waals surface area contributed by atoms with Gasteiger partial charge in [0, 0.05) is 0 Å². The Bertz CT molecular complexity index is 112. The fraction of sp³-hybridized carbons (Fsp3) is 1.00. The van der Waals surface area contributed by atoms with Gasteiger partial charge in [-0.05, 0) is 24.2 Å². The van der Waals surface area contributed by atoms with Crippen molar-refractivity contribution in [3.8, 4) is 0 Å². The molecule has 0 aromatic carbocycles. The van der Waals surface area contributed by atoms with Gasteiger partial charge in [0.25, 0.3) is 0 Å². The van der Waals surface area contributed by atoms with Crippen LogP contribution < -0.4 is 0 Å². The summed E-state index contributed by atoms with van der Waals surface area (Å²) in [7, 11) is 0. The second-order valence-electron chi connectivity index (χ2n) is 4.47. The minimum absolute atomic E-state index is 0.0278. The van der Waals surface area contributed by atoms with E-state index in [-0.39, 0.29) is 6.10 Å². The molecule has 0 spiro atoms. The molecule has 1 heteroatoms. The maximum atomic E-state index is 9.52. The van der Waals surface area contributed by atoms with E-state index in [9.17, 15) is 5.11 Å². The van der Waals surface area contributed by atoms with Gasteiger partial charge in [-0.2, -0.15) is 0 Å². The minimum atomic E-state index is -0.0278. The number of aliphatic hydroxyl groups is 1. The highest BCUT2D eigenvalue weighted by molar-refractivity contribution is 4.85. The van der Waals surface area contributed by atoms with Crippen molar-refractivity contribution in [2.75, 3.05) is 0 Å². The molecular formula is C9H18O. The third-order valence-corrected chi connectivity index (χ3v) is 2.59. The van der Waals surface area contributed by atoms with Crippen LogP contribution >= 0.6 is 0 Å². The van der Waals surface area contributed by atoms with Crippen molar-refractivity contribution in [2.45, 2.75) is 46.1 Å². The molecule has 0 bridgehead atoms. The van der Waals surface area contributed by atoms with Crippen LogP contribution in [0.2, 0.25) is 0 Å². The van der Waals surface area contributed by atoms with Crippen LogP contribution in [-0.4, -0.2) is 11.2 Å². The molecule has 0 unspecified atom stereocenters. The Hall–Kier alpha value is -0.0400. The van der Waals surface area contributed by atoms with E-state index in [1.807, 2.05) is 0 Å². The van der Waals surface area contributed by atoms with Crippen LogP contribution in [0, 0.1) is 11.3 Å². The van der Waals surface area contributed by atoms with E-state index in [4.69, 9.17) is 0 Å². The number of rotatable bonds is 0. The third-order valence-electron chi connectivity index (χ3n) is 2.59. The van der Waals surface area contributed by atoms with E-state index in [1.54, 1.807) is 0 Å². The molecule has 1 saturated carbocycles. The van der Waals surface area contributed by atoms with Crippen molar-refractivity contribution in [1.82, 2.24) is 0 Å². The fourth-order valence-corrected chi connectivity index (χ4v) is 1.95. The molecule has 1 rings (SSSR count). The average molecular weight is 142 g/mol. The number of hydrogen-bond acceptors (Lipinski definition) is 1. The summed E-state index contributed by atoms with van der Waals surface area (Å²) in [5.41, 5.74) is 0.302. The molecule has 0 heterocycles. The van der Waals surface area contributed by atoms with Crippen LogP contribution in [0.5, 0.6) is 0 Å². The van der Waals surface area contributed by atoms with Crippen molar-refractivity contribution in [3.05, 3.63) is 0 Å². The second-order valence-corrected chi connectivity index (χ2v) is 4.47. The highest BCUT2D eigenvalue weighted by atomic mass is 16.3. The van der Waals surface area contributed by atoms with Gasteiger partial charge in [0.2, 0.25) is 0 Å². The summed E-state index contributed by atoms with van der Waals surface area (Å²) >= 11 is 0. The Balaban J connectivity index is 2.55. The van der Waals surface area contributed by atoms with E-state index in [2.05, 4.69) is 20.8 Å². The normalized spacial score (nSPS) is 34.8.